The number of aromatic carboxylic acids is 1. The van der Waals surface area contributed by atoms with Gasteiger partial charge in [0.1, 0.15) is 5.82 Å². The average Bonchev–Trinajstić information content (AvgIpc) is 3.04. The molecule has 1 amide bonds. The first kappa shape index (κ1) is 16.0. The van der Waals surface area contributed by atoms with Gasteiger partial charge in [0.2, 0.25) is 0 Å². The van der Waals surface area contributed by atoms with E-state index in [9.17, 15) is 14.0 Å². The third-order valence-corrected chi connectivity index (χ3v) is 5.20. The number of amides is 1. The second-order valence-electron chi connectivity index (χ2n) is 6.61. The van der Waals surface area contributed by atoms with Gasteiger partial charge in [0.25, 0.3) is 5.91 Å². The molecule has 124 valence electrons. The lowest BCUT2D eigenvalue weighted by atomic mass is 9.83. The molecule has 4 nitrogen and oxygen atoms in total. The van der Waals surface area contributed by atoms with Gasteiger partial charge < -0.3 is 10.0 Å². The smallest absolute Gasteiger partial charge is 0.335 e. The van der Waals surface area contributed by atoms with Crippen LogP contribution in [0.4, 0.5) is 4.39 Å². The largest absolute Gasteiger partial charge is 0.478 e. The van der Waals surface area contributed by atoms with Crippen LogP contribution in [0, 0.1) is 11.7 Å². The molecule has 5 heteroatoms. The number of rotatable bonds is 3. The molecule has 1 aromatic rings. The molecule has 0 aromatic heterocycles. The first-order valence-corrected chi connectivity index (χ1v) is 8.41. The van der Waals surface area contributed by atoms with Gasteiger partial charge in [0.05, 0.1) is 11.1 Å². The lowest BCUT2D eigenvalue weighted by Crippen LogP contribution is -2.41. The molecule has 1 heterocycles. The highest BCUT2D eigenvalue weighted by molar-refractivity contribution is 5.96. The van der Waals surface area contributed by atoms with Gasteiger partial charge in [-0.05, 0) is 49.8 Å². The van der Waals surface area contributed by atoms with Crippen molar-refractivity contribution in [2.24, 2.45) is 5.92 Å². The normalized spacial score (nSPS) is 22.3. The summed E-state index contributed by atoms with van der Waals surface area (Å²) in [4.78, 5) is 25.4. The third kappa shape index (κ3) is 3.23. The molecule has 1 aliphatic heterocycles. The molecule has 1 saturated carbocycles. The number of halogens is 1. The van der Waals surface area contributed by atoms with E-state index in [2.05, 4.69) is 0 Å². The Bertz CT molecular complexity index is 610. The van der Waals surface area contributed by atoms with E-state index < -0.39 is 11.8 Å². The van der Waals surface area contributed by atoms with Crippen LogP contribution in [0.2, 0.25) is 0 Å². The van der Waals surface area contributed by atoms with E-state index in [1.165, 1.54) is 31.4 Å². The Kier molecular flexibility index (Phi) is 4.64. The molecule has 1 aromatic carbocycles. The number of hydrogen-bond donors (Lipinski definition) is 1. The summed E-state index contributed by atoms with van der Waals surface area (Å²) in [6.07, 6.45) is 7.94. The van der Waals surface area contributed by atoms with Crippen molar-refractivity contribution >= 4 is 11.9 Å². The number of carbonyl (C=O) groups is 2. The van der Waals surface area contributed by atoms with E-state index in [-0.39, 0.29) is 23.1 Å². The first-order chi connectivity index (χ1) is 11.1. The fourth-order valence-electron chi connectivity index (χ4n) is 4.03. The number of carbonyl (C=O) groups excluding carboxylic acids is 1. The van der Waals surface area contributed by atoms with Crippen LogP contribution in [0.1, 0.15) is 65.7 Å². The Labute approximate surface area is 135 Å². The predicted octanol–water partition coefficient (Wildman–Crippen LogP) is 3.71. The first-order valence-electron chi connectivity index (χ1n) is 8.41. The molecule has 2 aliphatic rings. The van der Waals surface area contributed by atoms with Crippen LogP contribution in [0.5, 0.6) is 0 Å². The molecule has 1 N–H and O–H groups in total. The second kappa shape index (κ2) is 6.69. The summed E-state index contributed by atoms with van der Waals surface area (Å²) in [6, 6.07) is 3.74. The van der Waals surface area contributed by atoms with E-state index in [1.807, 2.05) is 4.90 Å². The van der Waals surface area contributed by atoms with Crippen LogP contribution in [0.3, 0.4) is 0 Å². The minimum absolute atomic E-state index is 0.0160. The lowest BCUT2D eigenvalue weighted by Gasteiger charge is -2.34. The van der Waals surface area contributed by atoms with Crippen molar-refractivity contribution in [3.8, 4) is 0 Å². The maximum absolute atomic E-state index is 14.2. The highest BCUT2D eigenvalue weighted by Crippen LogP contribution is 2.35. The highest BCUT2D eigenvalue weighted by atomic mass is 19.1. The summed E-state index contributed by atoms with van der Waals surface area (Å²) in [7, 11) is 0. The zero-order valence-corrected chi connectivity index (χ0v) is 13.1. The molecule has 23 heavy (non-hydrogen) atoms. The number of benzene rings is 1. The van der Waals surface area contributed by atoms with E-state index in [4.69, 9.17) is 5.11 Å². The summed E-state index contributed by atoms with van der Waals surface area (Å²) >= 11 is 0. The summed E-state index contributed by atoms with van der Waals surface area (Å²) in [5.41, 5.74) is -0.151. The summed E-state index contributed by atoms with van der Waals surface area (Å²) in [5.74, 6) is -1.71. The van der Waals surface area contributed by atoms with Crippen molar-refractivity contribution in [1.82, 2.24) is 4.90 Å². The SMILES string of the molecule is O=C(O)c1ccc(C(=O)N2CCCC2C2CCCCC2)c(F)c1. The number of hydrogen-bond acceptors (Lipinski definition) is 2. The topological polar surface area (TPSA) is 57.6 Å². The number of nitrogens with zero attached hydrogens (tertiary/aromatic N) is 1. The summed E-state index contributed by atoms with van der Waals surface area (Å²) in [6.45, 7) is 0.667. The Morgan fingerprint density at radius 2 is 1.83 bits per heavy atom. The lowest BCUT2D eigenvalue weighted by molar-refractivity contribution is 0.0651. The predicted molar refractivity (Wildman–Crippen MR) is 84.0 cm³/mol. The molecular formula is C18H22FNO3. The monoisotopic (exact) mass is 319 g/mol. The van der Waals surface area contributed by atoms with Crippen LogP contribution in [0.25, 0.3) is 0 Å². The van der Waals surface area contributed by atoms with Crippen LogP contribution >= 0.6 is 0 Å². The summed E-state index contributed by atoms with van der Waals surface area (Å²) in [5, 5.41) is 8.90. The molecule has 0 radical (unpaired) electrons. The summed E-state index contributed by atoms with van der Waals surface area (Å²) < 4.78 is 14.2. The van der Waals surface area contributed by atoms with E-state index in [1.54, 1.807) is 0 Å². The maximum atomic E-state index is 14.2. The highest BCUT2D eigenvalue weighted by Gasteiger charge is 2.36. The molecule has 0 bridgehead atoms. The minimum atomic E-state index is -1.19. The van der Waals surface area contributed by atoms with Crippen LogP contribution in [-0.4, -0.2) is 34.5 Å². The zero-order chi connectivity index (χ0) is 16.4. The van der Waals surface area contributed by atoms with Crippen LogP contribution in [0.15, 0.2) is 18.2 Å². The number of likely N-dealkylation sites (tertiary alicyclic amines) is 1. The Morgan fingerprint density at radius 3 is 2.48 bits per heavy atom. The molecule has 1 aliphatic carbocycles. The molecule has 2 fully saturated rings. The molecule has 0 spiro atoms. The van der Waals surface area contributed by atoms with Gasteiger partial charge in [-0.15, -0.1) is 0 Å². The van der Waals surface area contributed by atoms with E-state index >= 15 is 0 Å². The van der Waals surface area contributed by atoms with Crippen molar-refractivity contribution in [2.45, 2.75) is 51.0 Å². The van der Waals surface area contributed by atoms with E-state index in [0.29, 0.717) is 12.5 Å². The zero-order valence-electron chi connectivity index (χ0n) is 13.1. The van der Waals surface area contributed by atoms with Crippen molar-refractivity contribution < 1.29 is 19.1 Å². The van der Waals surface area contributed by atoms with Gasteiger partial charge in [-0.2, -0.15) is 0 Å². The molecule has 3 rings (SSSR count). The number of carboxylic acid groups (broad SMARTS) is 1. The van der Waals surface area contributed by atoms with Gasteiger partial charge in [0, 0.05) is 12.6 Å². The minimum Gasteiger partial charge on any atom is -0.478 e. The number of carboxylic acids is 1. The van der Waals surface area contributed by atoms with Gasteiger partial charge in [-0.1, -0.05) is 19.3 Å². The molecule has 1 atom stereocenters. The standard InChI is InChI=1S/C18H22FNO3/c19-15-11-13(18(22)23)8-9-14(15)17(21)20-10-4-7-16(20)12-5-2-1-3-6-12/h8-9,11-12,16H,1-7,10H2,(H,22,23). The fourth-order valence-corrected chi connectivity index (χ4v) is 4.03. The Morgan fingerprint density at radius 1 is 1.09 bits per heavy atom. The maximum Gasteiger partial charge on any atom is 0.335 e. The fraction of sp³-hybridized carbons (Fsp3) is 0.556. The molecule has 1 unspecified atom stereocenters. The van der Waals surface area contributed by atoms with Crippen molar-refractivity contribution in [3.05, 3.63) is 35.1 Å². The van der Waals surface area contributed by atoms with Gasteiger partial charge >= 0.3 is 5.97 Å². The van der Waals surface area contributed by atoms with E-state index in [0.717, 1.165) is 31.7 Å². The molecular weight excluding hydrogens is 297 g/mol. The van der Waals surface area contributed by atoms with Gasteiger partial charge in [0.15, 0.2) is 0 Å². The molecule has 1 saturated heterocycles. The van der Waals surface area contributed by atoms with Crippen LogP contribution < -0.4 is 0 Å². The third-order valence-electron chi connectivity index (χ3n) is 5.20. The van der Waals surface area contributed by atoms with Crippen LogP contribution in [-0.2, 0) is 0 Å². The quantitative estimate of drug-likeness (QED) is 0.924. The average molecular weight is 319 g/mol. The Balaban J connectivity index is 1.80. The van der Waals surface area contributed by atoms with Gasteiger partial charge in [-0.25, -0.2) is 9.18 Å². The van der Waals surface area contributed by atoms with Gasteiger partial charge in [-0.3, -0.25) is 4.79 Å². The van der Waals surface area contributed by atoms with Crippen molar-refractivity contribution in [3.63, 3.8) is 0 Å². The second-order valence-corrected chi connectivity index (χ2v) is 6.61. The van der Waals surface area contributed by atoms with Crippen molar-refractivity contribution in [2.75, 3.05) is 6.54 Å². The Hall–Kier alpha value is -1.91. The van der Waals surface area contributed by atoms with Crippen molar-refractivity contribution in [1.29, 1.82) is 0 Å².